The maximum Gasteiger partial charge on any atom is 0.339 e. The lowest BCUT2D eigenvalue weighted by Crippen LogP contribution is -2.29. The lowest BCUT2D eigenvalue weighted by Gasteiger charge is -2.35. The lowest BCUT2D eigenvalue weighted by molar-refractivity contribution is -0.119. The van der Waals surface area contributed by atoms with Crippen LogP contribution >= 0.6 is 11.6 Å². The number of pyridine rings is 1. The van der Waals surface area contributed by atoms with Gasteiger partial charge < -0.3 is 10.1 Å². The normalized spacial score (nSPS) is 14.8. The Morgan fingerprint density at radius 3 is 2.48 bits per heavy atom. The molecular formula is C33H31ClN2O4. The van der Waals surface area contributed by atoms with Crippen LogP contribution in [0.5, 0.6) is 0 Å². The molecule has 1 aliphatic rings. The molecule has 7 heteroatoms. The Balaban J connectivity index is 1.37. The van der Waals surface area contributed by atoms with Crippen molar-refractivity contribution in [1.29, 1.82) is 0 Å². The predicted octanol–water partition coefficient (Wildman–Crippen LogP) is 7.07. The van der Waals surface area contributed by atoms with E-state index in [0.29, 0.717) is 27.8 Å². The molecule has 0 unspecified atom stereocenters. The predicted molar refractivity (Wildman–Crippen MR) is 157 cm³/mol. The maximum atomic E-state index is 13.5. The minimum atomic E-state index is -0.559. The number of hydrogen-bond acceptors (Lipinski definition) is 5. The Kier molecular flexibility index (Phi) is 7.72. The highest BCUT2D eigenvalue weighted by Gasteiger charge is 2.33. The summed E-state index contributed by atoms with van der Waals surface area (Å²) < 4.78 is 5.58. The molecule has 5 rings (SSSR count). The zero-order valence-corrected chi connectivity index (χ0v) is 23.5. The number of fused-ring (bicyclic) bond motifs is 2. The fourth-order valence-electron chi connectivity index (χ4n) is 5.31. The van der Waals surface area contributed by atoms with E-state index in [0.717, 1.165) is 41.4 Å². The van der Waals surface area contributed by atoms with E-state index in [1.807, 2.05) is 30.3 Å². The van der Waals surface area contributed by atoms with Crippen LogP contribution in [0.2, 0.25) is 5.02 Å². The number of rotatable bonds is 6. The first-order valence-electron chi connectivity index (χ1n) is 13.4. The molecule has 0 radical (unpaired) electrons. The number of amides is 1. The minimum Gasteiger partial charge on any atom is -0.452 e. The summed E-state index contributed by atoms with van der Waals surface area (Å²) in [5, 5.41) is 3.80. The molecule has 1 atom stereocenters. The van der Waals surface area contributed by atoms with Crippen molar-refractivity contribution < 1.29 is 19.1 Å². The molecule has 204 valence electrons. The summed E-state index contributed by atoms with van der Waals surface area (Å²) in [6.07, 6.45) is 2.52. The molecule has 0 aliphatic heterocycles. The third-order valence-electron chi connectivity index (χ3n) is 7.56. The Morgan fingerprint density at radius 1 is 1.00 bits per heavy atom. The van der Waals surface area contributed by atoms with Crippen molar-refractivity contribution in [2.24, 2.45) is 11.3 Å². The summed E-state index contributed by atoms with van der Waals surface area (Å²) in [6.45, 7) is 6.14. The standard InChI is InChI=1S/C33H31ClN2O4/c1-33(2,3)21-13-15-27-24(17-21)30(23-11-7-8-12-26(23)35-27)32(39)40-19-29(37)36-28-16-14-22(34)18-25(28)31(38)20-9-5-4-6-10-20/h4-12,14,16,18,21H,13,15,17,19H2,1-3H3,(H,36,37)/t21-/m1/s1. The number of halogens is 1. The zero-order chi connectivity index (χ0) is 28.4. The highest BCUT2D eigenvalue weighted by atomic mass is 35.5. The number of nitrogens with zero attached hydrogens (tertiary/aromatic N) is 1. The molecule has 0 saturated carbocycles. The molecule has 40 heavy (non-hydrogen) atoms. The van der Waals surface area contributed by atoms with Gasteiger partial charge in [-0.15, -0.1) is 0 Å². The maximum absolute atomic E-state index is 13.5. The van der Waals surface area contributed by atoms with Gasteiger partial charge in [-0.25, -0.2) is 4.79 Å². The van der Waals surface area contributed by atoms with Gasteiger partial charge in [0.25, 0.3) is 5.91 Å². The first-order chi connectivity index (χ1) is 19.1. The van der Waals surface area contributed by atoms with Crippen LogP contribution in [0, 0.1) is 11.3 Å². The minimum absolute atomic E-state index is 0.0812. The highest BCUT2D eigenvalue weighted by Crippen LogP contribution is 2.39. The van der Waals surface area contributed by atoms with Crippen molar-refractivity contribution in [2.45, 2.75) is 40.0 Å². The quantitative estimate of drug-likeness (QED) is 0.203. The van der Waals surface area contributed by atoms with Crippen molar-refractivity contribution in [3.63, 3.8) is 0 Å². The SMILES string of the molecule is CC(C)(C)[C@@H]1CCc2nc3ccccc3c(C(=O)OCC(=O)Nc3ccc(Cl)cc3C(=O)c3ccccc3)c2C1. The van der Waals surface area contributed by atoms with Crippen molar-refractivity contribution in [3.8, 4) is 0 Å². The molecule has 4 aromatic rings. The first kappa shape index (κ1) is 27.5. The van der Waals surface area contributed by atoms with Gasteiger partial charge in [0.1, 0.15) is 0 Å². The average Bonchev–Trinajstić information content (AvgIpc) is 2.94. The third-order valence-corrected chi connectivity index (χ3v) is 7.79. The number of carbonyl (C=O) groups excluding carboxylic acids is 3. The summed E-state index contributed by atoms with van der Waals surface area (Å²) in [4.78, 5) is 44.4. The smallest absolute Gasteiger partial charge is 0.339 e. The molecule has 1 aliphatic carbocycles. The molecule has 0 fully saturated rings. The van der Waals surface area contributed by atoms with E-state index in [1.54, 1.807) is 36.4 Å². The van der Waals surface area contributed by atoms with Gasteiger partial charge in [-0.1, -0.05) is 80.9 Å². The molecule has 3 aromatic carbocycles. The number of carbonyl (C=O) groups is 3. The van der Waals surface area contributed by atoms with Crippen LogP contribution < -0.4 is 5.32 Å². The Bertz CT molecular complexity index is 1610. The van der Waals surface area contributed by atoms with Gasteiger partial charge in [-0.2, -0.15) is 0 Å². The van der Waals surface area contributed by atoms with Gasteiger partial charge in [0.2, 0.25) is 0 Å². The van der Waals surface area contributed by atoms with Gasteiger partial charge in [0.15, 0.2) is 12.4 Å². The molecule has 0 bridgehead atoms. The number of aromatic nitrogens is 1. The summed E-state index contributed by atoms with van der Waals surface area (Å²) in [7, 11) is 0. The molecule has 1 aromatic heterocycles. The van der Waals surface area contributed by atoms with Crippen LogP contribution in [0.25, 0.3) is 10.9 Å². The number of esters is 1. The molecular weight excluding hydrogens is 524 g/mol. The van der Waals surface area contributed by atoms with Crippen LogP contribution in [0.15, 0.2) is 72.8 Å². The molecule has 0 saturated heterocycles. The third kappa shape index (κ3) is 5.77. The van der Waals surface area contributed by atoms with E-state index < -0.39 is 18.5 Å². The Labute approximate surface area is 238 Å². The van der Waals surface area contributed by atoms with Gasteiger partial charge in [0, 0.05) is 27.2 Å². The Morgan fingerprint density at radius 2 is 1.73 bits per heavy atom. The average molecular weight is 555 g/mol. The number of ketones is 1. The highest BCUT2D eigenvalue weighted by molar-refractivity contribution is 6.31. The van der Waals surface area contributed by atoms with Gasteiger partial charge >= 0.3 is 5.97 Å². The fourth-order valence-corrected chi connectivity index (χ4v) is 5.48. The number of ether oxygens (including phenoxy) is 1. The van der Waals surface area contributed by atoms with Crippen LogP contribution in [0.3, 0.4) is 0 Å². The van der Waals surface area contributed by atoms with Gasteiger partial charge in [0.05, 0.1) is 16.8 Å². The van der Waals surface area contributed by atoms with Crippen LogP contribution in [0.1, 0.15) is 64.7 Å². The summed E-state index contributed by atoms with van der Waals surface area (Å²) in [5.41, 5.74) is 4.13. The van der Waals surface area contributed by atoms with Crippen molar-refractivity contribution >= 4 is 45.9 Å². The summed E-state index contributed by atoms with van der Waals surface area (Å²) >= 11 is 6.16. The number of anilines is 1. The number of benzene rings is 3. The van der Waals surface area contributed by atoms with E-state index in [9.17, 15) is 14.4 Å². The molecule has 1 heterocycles. The molecule has 1 amide bonds. The first-order valence-corrected chi connectivity index (χ1v) is 13.8. The Hall–Kier alpha value is -4.03. The van der Waals surface area contributed by atoms with Crippen molar-refractivity contribution in [1.82, 2.24) is 4.98 Å². The lowest BCUT2D eigenvalue weighted by atomic mass is 9.70. The summed E-state index contributed by atoms with van der Waals surface area (Å²) in [6, 6.07) is 20.9. The topological polar surface area (TPSA) is 85.4 Å². The zero-order valence-electron chi connectivity index (χ0n) is 22.8. The molecule has 1 N–H and O–H groups in total. The second-order valence-corrected chi connectivity index (χ2v) is 11.7. The van der Waals surface area contributed by atoms with Crippen LogP contribution in [-0.2, 0) is 22.4 Å². The number of para-hydroxylation sites is 1. The van der Waals surface area contributed by atoms with Crippen molar-refractivity contribution in [3.05, 3.63) is 106 Å². The van der Waals surface area contributed by atoms with Gasteiger partial charge in [-0.05, 0) is 60.4 Å². The van der Waals surface area contributed by atoms with E-state index in [4.69, 9.17) is 21.3 Å². The van der Waals surface area contributed by atoms with E-state index in [-0.39, 0.29) is 16.8 Å². The van der Waals surface area contributed by atoms with Crippen molar-refractivity contribution in [2.75, 3.05) is 11.9 Å². The van der Waals surface area contributed by atoms with E-state index >= 15 is 0 Å². The number of nitrogens with one attached hydrogen (secondary N) is 1. The fraction of sp³-hybridized carbons (Fsp3) is 0.273. The van der Waals surface area contributed by atoms with E-state index in [1.165, 1.54) is 6.07 Å². The van der Waals surface area contributed by atoms with E-state index in [2.05, 4.69) is 26.1 Å². The number of aryl methyl sites for hydroxylation is 1. The van der Waals surface area contributed by atoms with Crippen LogP contribution in [0.4, 0.5) is 5.69 Å². The second kappa shape index (κ2) is 11.2. The number of hydrogen-bond donors (Lipinski definition) is 1. The largest absolute Gasteiger partial charge is 0.452 e. The second-order valence-electron chi connectivity index (χ2n) is 11.2. The molecule has 0 spiro atoms. The van der Waals surface area contributed by atoms with Gasteiger partial charge in [-0.3, -0.25) is 14.6 Å². The monoisotopic (exact) mass is 554 g/mol. The van der Waals surface area contributed by atoms with Crippen LogP contribution in [-0.4, -0.2) is 29.3 Å². The molecule has 6 nitrogen and oxygen atoms in total. The summed E-state index contributed by atoms with van der Waals surface area (Å²) in [5.74, 6) is -1.00.